The van der Waals surface area contributed by atoms with E-state index in [1.807, 2.05) is 11.3 Å². The van der Waals surface area contributed by atoms with Crippen molar-refractivity contribution in [3.63, 3.8) is 0 Å². The summed E-state index contributed by atoms with van der Waals surface area (Å²) in [5, 5.41) is 10.6. The van der Waals surface area contributed by atoms with Gasteiger partial charge in [0.15, 0.2) is 0 Å². The number of thiophene rings is 1. The molecule has 0 aliphatic carbocycles. The summed E-state index contributed by atoms with van der Waals surface area (Å²) in [5.74, 6) is 0. The van der Waals surface area contributed by atoms with Crippen LogP contribution in [0.15, 0.2) is 29.6 Å². The van der Waals surface area contributed by atoms with Gasteiger partial charge in [-0.2, -0.15) is 0 Å². The van der Waals surface area contributed by atoms with Gasteiger partial charge < -0.3 is 10.6 Å². The maximum absolute atomic E-state index is 3.67. The average Bonchev–Trinajstić information content (AvgIpc) is 2.65. The molecule has 2 nitrogen and oxygen atoms in total. The molecule has 0 saturated carbocycles. The molecule has 90 valence electrons. The van der Waals surface area contributed by atoms with E-state index in [1.165, 1.54) is 41.6 Å². The largest absolute Gasteiger partial charge is 0.382 e. The Morgan fingerprint density at radius 3 is 3.18 bits per heavy atom. The van der Waals surface area contributed by atoms with Gasteiger partial charge >= 0.3 is 0 Å². The minimum Gasteiger partial charge on any atom is -0.382 e. The van der Waals surface area contributed by atoms with Crippen molar-refractivity contribution in [2.24, 2.45) is 0 Å². The van der Waals surface area contributed by atoms with Crippen molar-refractivity contribution in [3.8, 4) is 0 Å². The molecule has 1 aliphatic rings. The fraction of sp³-hybridized carbons (Fsp3) is 0.429. The maximum atomic E-state index is 3.67. The Morgan fingerprint density at radius 1 is 1.18 bits per heavy atom. The second-order valence-corrected chi connectivity index (χ2v) is 5.64. The SMILES string of the molecule is c1cc2cc(NC3CCCNCC3)ccc2s1. The van der Waals surface area contributed by atoms with Crippen LogP contribution in [0.25, 0.3) is 10.1 Å². The number of benzene rings is 1. The van der Waals surface area contributed by atoms with Crippen molar-refractivity contribution in [3.05, 3.63) is 29.6 Å². The fourth-order valence-corrected chi connectivity index (χ4v) is 3.23. The summed E-state index contributed by atoms with van der Waals surface area (Å²) < 4.78 is 1.37. The molecule has 0 bridgehead atoms. The summed E-state index contributed by atoms with van der Waals surface area (Å²) >= 11 is 1.81. The van der Waals surface area contributed by atoms with Gasteiger partial charge in [-0.05, 0) is 67.4 Å². The van der Waals surface area contributed by atoms with Crippen LogP contribution in [0.1, 0.15) is 19.3 Å². The van der Waals surface area contributed by atoms with E-state index in [9.17, 15) is 0 Å². The molecular formula is C14H18N2S. The zero-order valence-electron chi connectivity index (χ0n) is 9.91. The summed E-state index contributed by atoms with van der Waals surface area (Å²) in [7, 11) is 0. The highest BCUT2D eigenvalue weighted by Gasteiger charge is 2.11. The van der Waals surface area contributed by atoms with Crippen LogP contribution in [0, 0.1) is 0 Å². The van der Waals surface area contributed by atoms with Crippen LogP contribution in [0.5, 0.6) is 0 Å². The number of hydrogen-bond donors (Lipinski definition) is 2. The van der Waals surface area contributed by atoms with Crippen molar-refractivity contribution in [2.75, 3.05) is 18.4 Å². The van der Waals surface area contributed by atoms with Crippen molar-refractivity contribution < 1.29 is 0 Å². The zero-order valence-corrected chi connectivity index (χ0v) is 10.7. The molecule has 1 fully saturated rings. The first-order valence-electron chi connectivity index (χ1n) is 6.36. The Kier molecular flexibility index (Phi) is 3.29. The number of nitrogens with one attached hydrogen (secondary N) is 2. The summed E-state index contributed by atoms with van der Waals surface area (Å²) in [4.78, 5) is 0. The van der Waals surface area contributed by atoms with Gasteiger partial charge in [0.25, 0.3) is 0 Å². The Balaban J connectivity index is 1.74. The Bertz CT molecular complexity index is 484. The molecule has 1 aliphatic heterocycles. The molecule has 1 saturated heterocycles. The zero-order chi connectivity index (χ0) is 11.5. The van der Waals surface area contributed by atoms with E-state index in [0.717, 1.165) is 6.54 Å². The second kappa shape index (κ2) is 5.07. The van der Waals surface area contributed by atoms with Gasteiger partial charge in [0, 0.05) is 16.4 Å². The number of anilines is 1. The number of hydrogen-bond acceptors (Lipinski definition) is 3. The van der Waals surface area contributed by atoms with Crippen molar-refractivity contribution in [1.29, 1.82) is 0 Å². The smallest absolute Gasteiger partial charge is 0.0349 e. The van der Waals surface area contributed by atoms with Gasteiger partial charge in [-0.1, -0.05) is 0 Å². The molecule has 2 N–H and O–H groups in total. The molecule has 0 radical (unpaired) electrons. The highest BCUT2D eigenvalue weighted by molar-refractivity contribution is 7.17. The van der Waals surface area contributed by atoms with Crippen LogP contribution in [-0.4, -0.2) is 19.1 Å². The molecule has 3 rings (SSSR count). The third kappa shape index (κ3) is 2.61. The van der Waals surface area contributed by atoms with Gasteiger partial charge in [0.1, 0.15) is 0 Å². The second-order valence-electron chi connectivity index (χ2n) is 4.70. The standard InChI is InChI=1S/C14H18N2S/c1-2-12(5-8-15-7-1)16-13-3-4-14-11(10-13)6-9-17-14/h3-4,6,9-10,12,15-16H,1-2,5,7-8H2. The molecular weight excluding hydrogens is 228 g/mol. The van der Waals surface area contributed by atoms with Crippen LogP contribution < -0.4 is 10.6 Å². The van der Waals surface area contributed by atoms with Gasteiger partial charge in [-0.25, -0.2) is 0 Å². The third-order valence-electron chi connectivity index (χ3n) is 3.40. The van der Waals surface area contributed by atoms with Crippen molar-refractivity contribution in [1.82, 2.24) is 5.32 Å². The van der Waals surface area contributed by atoms with Gasteiger partial charge in [0.2, 0.25) is 0 Å². The predicted molar refractivity (Wildman–Crippen MR) is 76.0 cm³/mol. The molecule has 1 atom stereocenters. The molecule has 0 amide bonds. The van der Waals surface area contributed by atoms with E-state index in [2.05, 4.69) is 40.3 Å². The van der Waals surface area contributed by atoms with Crippen LogP contribution in [0.4, 0.5) is 5.69 Å². The van der Waals surface area contributed by atoms with Gasteiger partial charge in [-0.15, -0.1) is 11.3 Å². The van der Waals surface area contributed by atoms with Gasteiger partial charge in [-0.3, -0.25) is 0 Å². The molecule has 2 heterocycles. The molecule has 17 heavy (non-hydrogen) atoms. The van der Waals surface area contributed by atoms with Gasteiger partial charge in [0.05, 0.1) is 0 Å². The molecule has 2 aromatic rings. The number of fused-ring (bicyclic) bond motifs is 1. The lowest BCUT2D eigenvalue weighted by molar-refractivity contribution is 0.638. The molecule has 1 aromatic carbocycles. The van der Waals surface area contributed by atoms with E-state index in [-0.39, 0.29) is 0 Å². The van der Waals surface area contributed by atoms with E-state index in [4.69, 9.17) is 0 Å². The average molecular weight is 246 g/mol. The molecule has 3 heteroatoms. The number of rotatable bonds is 2. The Morgan fingerprint density at radius 2 is 2.18 bits per heavy atom. The summed E-state index contributed by atoms with van der Waals surface area (Å²) in [6, 6.07) is 9.51. The quantitative estimate of drug-likeness (QED) is 0.848. The van der Waals surface area contributed by atoms with Crippen LogP contribution >= 0.6 is 11.3 Å². The predicted octanol–water partition coefficient (Wildman–Crippen LogP) is 3.46. The fourth-order valence-electron chi connectivity index (χ4n) is 2.46. The van der Waals surface area contributed by atoms with Crippen LogP contribution in [-0.2, 0) is 0 Å². The lowest BCUT2D eigenvalue weighted by atomic mass is 10.1. The maximum Gasteiger partial charge on any atom is 0.0349 e. The molecule has 0 spiro atoms. The monoisotopic (exact) mass is 246 g/mol. The Labute approximate surface area is 106 Å². The topological polar surface area (TPSA) is 24.1 Å². The molecule has 1 unspecified atom stereocenters. The van der Waals surface area contributed by atoms with E-state index in [1.54, 1.807) is 0 Å². The first-order valence-corrected chi connectivity index (χ1v) is 7.24. The lowest BCUT2D eigenvalue weighted by Gasteiger charge is -2.17. The first-order chi connectivity index (χ1) is 8.42. The highest BCUT2D eigenvalue weighted by Crippen LogP contribution is 2.25. The van der Waals surface area contributed by atoms with Crippen LogP contribution in [0.2, 0.25) is 0 Å². The Hall–Kier alpha value is -1.06. The minimum atomic E-state index is 0.626. The third-order valence-corrected chi connectivity index (χ3v) is 4.30. The van der Waals surface area contributed by atoms with E-state index >= 15 is 0 Å². The van der Waals surface area contributed by atoms with E-state index in [0.29, 0.717) is 6.04 Å². The normalized spacial score (nSPS) is 21.3. The van der Waals surface area contributed by atoms with Crippen molar-refractivity contribution >= 4 is 27.1 Å². The minimum absolute atomic E-state index is 0.626. The highest BCUT2D eigenvalue weighted by atomic mass is 32.1. The molecule has 1 aromatic heterocycles. The van der Waals surface area contributed by atoms with E-state index < -0.39 is 0 Å². The lowest BCUT2D eigenvalue weighted by Crippen LogP contribution is -2.21. The van der Waals surface area contributed by atoms with Crippen LogP contribution in [0.3, 0.4) is 0 Å². The first kappa shape index (κ1) is 11.1. The summed E-state index contributed by atoms with van der Waals surface area (Å²) in [6.07, 6.45) is 3.77. The summed E-state index contributed by atoms with van der Waals surface area (Å²) in [6.45, 7) is 2.31. The summed E-state index contributed by atoms with van der Waals surface area (Å²) in [5.41, 5.74) is 1.27. The van der Waals surface area contributed by atoms with Crippen molar-refractivity contribution in [2.45, 2.75) is 25.3 Å².